The number of piperidine rings is 1. The van der Waals surface area contributed by atoms with Gasteiger partial charge in [0.05, 0.1) is 12.2 Å². The average Bonchev–Trinajstić information content (AvgIpc) is 2.37. The molecule has 1 heterocycles. The normalized spacial score (nSPS) is 35.8. The lowest BCUT2D eigenvalue weighted by Crippen LogP contribution is -2.55. The van der Waals surface area contributed by atoms with Gasteiger partial charge in [0.1, 0.15) is 6.10 Å². The predicted molar refractivity (Wildman–Crippen MR) is 70.3 cm³/mol. The summed E-state index contributed by atoms with van der Waals surface area (Å²) in [4.78, 5) is 2.07. The maximum Gasteiger partial charge on any atom is 0.108 e. The highest BCUT2D eigenvalue weighted by Gasteiger charge is 2.32. The van der Waals surface area contributed by atoms with Gasteiger partial charge in [0.25, 0.3) is 0 Å². The molecule has 2 fully saturated rings. The Hall–Kier alpha value is -0.160. The lowest BCUT2D eigenvalue weighted by atomic mass is 9.86. The molecule has 4 heteroatoms. The fraction of sp³-hybridized carbons (Fsp3) is 1.00. The molecule has 3 N–H and O–H groups in total. The molecule has 2 atom stereocenters. The molecule has 2 unspecified atom stereocenters. The molecule has 0 aromatic rings. The quantitative estimate of drug-likeness (QED) is 0.695. The monoisotopic (exact) mass is 257 g/mol. The number of aliphatic hydroxyl groups is 3. The zero-order chi connectivity index (χ0) is 13.0. The molecule has 0 spiro atoms. The third-order valence-corrected chi connectivity index (χ3v) is 4.49. The van der Waals surface area contributed by atoms with Crippen LogP contribution in [-0.2, 0) is 0 Å². The van der Waals surface area contributed by atoms with Crippen LogP contribution >= 0.6 is 0 Å². The van der Waals surface area contributed by atoms with Gasteiger partial charge in [-0.05, 0) is 25.3 Å². The highest BCUT2D eigenvalue weighted by molar-refractivity contribution is 4.86. The molecule has 18 heavy (non-hydrogen) atoms. The lowest BCUT2D eigenvalue weighted by Gasteiger charge is -2.37. The summed E-state index contributed by atoms with van der Waals surface area (Å²) >= 11 is 0. The number of aliphatic hydroxyl groups excluding tert-OH is 3. The number of likely N-dealkylation sites (tertiary alicyclic amines) is 1. The van der Waals surface area contributed by atoms with E-state index in [0.29, 0.717) is 13.1 Å². The molecular weight excluding hydrogens is 230 g/mol. The first-order valence-electron chi connectivity index (χ1n) is 7.43. The highest BCUT2D eigenvalue weighted by atomic mass is 16.4. The molecule has 4 nitrogen and oxygen atoms in total. The lowest BCUT2D eigenvalue weighted by molar-refractivity contribution is -0.110. The van der Waals surface area contributed by atoms with Crippen molar-refractivity contribution in [2.75, 3.05) is 19.6 Å². The second-order valence-electron chi connectivity index (χ2n) is 6.03. The number of β-amino-alcohol motifs (C(OH)–C–C–N with tert-alkyl or cyclic N) is 2. The Balaban J connectivity index is 1.64. The van der Waals surface area contributed by atoms with Crippen molar-refractivity contribution < 1.29 is 15.3 Å². The van der Waals surface area contributed by atoms with Crippen LogP contribution in [0.1, 0.15) is 44.9 Å². The van der Waals surface area contributed by atoms with Gasteiger partial charge in [0.15, 0.2) is 0 Å². The molecule has 0 radical (unpaired) electrons. The van der Waals surface area contributed by atoms with Crippen molar-refractivity contribution in [1.29, 1.82) is 0 Å². The van der Waals surface area contributed by atoms with Gasteiger partial charge in [-0.2, -0.15) is 0 Å². The van der Waals surface area contributed by atoms with Crippen molar-refractivity contribution >= 4 is 0 Å². The van der Waals surface area contributed by atoms with Crippen molar-refractivity contribution in [2.45, 2.75) is 63.3 Å². The Bertz CT molecular complexity index is 231. The van der Waals surface area contributed by atoms with Crippen LogP contribution < -0.4 is 0 Å². The number of rotatable bonds is 4. The molecule has 0 amide bonds. The smallest absolute Gasteiger partial charge is 0.108 e. The van der Waals surface area contributed by atoms with E-state index in [1.54, 1.807) is 0 Å². The Kier molecular flexibility index (Phi) is 5.42. The van der Waals surface area contributed by atoms with Crippen molar-refractivity contribution in [3.8, 4) is 0 Å². The Morgan fingerprint density at radius 3 is 2.11 bits per heavy atom. The molecule has 1 aliphatic heterocycles. The molecule has 2 rings (SSSR count). The number of hydrogen-bond donors (Lipinski definition) is 3. The molecule has 1 saturated heterocycles. The van der Waals surface area contributed by atoms with Gasteiger partial charge < -0.3 is 15.3 Å². The summed E-state index contributed by atoms with van der Waals surface area (Å²) in [6.45, 7) is 1.91. The minimum Gasteiger partial charge on any atom is -0.389 e. The first-order chi connectivity index (χ1) is 8.66. The Morgan fingerprint density at radius 1 is 0.889 bits per heavy atom. The molecule has 2 aliphatic rings. The summed E-state index contributed by atoms with van der Waals surface area (Å²) < 4.78 is 0. The minimum atomic E-state index is -0.973. The Labute approximate surface area is 110 Å². The molecule has 106 valence electrons. The number of hydrogen-bond acceptors (Lipinski definition) is 4. The average molecular weight is 257 g/mol. The van der Waals surface area contributed by atoms with Gasteiger partial charge in [0.2, 0.25) is 0 Å². The highest BCUT2D eigenvalue weighted by Crippen LogP contribution is 2.27. The van der Waals surface area contributed by atoms with Gasteiger partial charge in [-0.1, -0.05) is 32.1 Å². The Morgan fingerprint density at radius 2 is 1.50 bits per heavy atom. The molecule has 0 aromatic carbocycles. The second-order valence-corrected chi connectivity index (χ2v) is 6.03. The van der Waals surface area contributed by atoms with E-state index in [2.05, 4.69) is 4.90 Å². The summed E-state index contributed by atoms with van der Waals surface area (Å²) in [5, 5.41) is 28.7. The van der Waals surface area contributed by atoms with Crippen LogP contribution in [0, 0.1) is 5.92 Å². The van der Waals surface area contributed by atoms with Crippen molar-refractivity contribution in [1.82, 2.24) is 4.90 Å². The third-order valence-electron chi connectivity index (χ3n) is 4.49. The zero-order valence-electron chi connectivity index (χ0n) is 11.2. The van der Waals surface area contributed by atoms with Crippen LogP contribution in [0.25, 0.3) is 0 Å². The van der Waals surface area contributed by atoms with Crippen LogP contribution in [0.3, 0.4) is 0 Å². The molecular formula is C14H27NO3. The van der Waals surface area contributed by atoms with Gasteiger partial charge in [-0.15, -0.1) is 0 Å². The van der Waals surface area contributed by atoms with Crippen molar-refractivity contribution in [2.24, 2.45) is 5.92 Å². The summed E-state index contributed by atoms with van der Waals surface area (Å²) in [6.07, 6.45) is 6.76. The molecule has 1 aliphatic carbocycles. The maximum atomic E-state index is 9.61. The molecule has 1 saturated carbocycles. The van der Waals surface area contributed by atoms with Gasteiger partial charge in [-0.3, -0.25) is 4.90 Å². The minimum absolute atomic E-state index is 0.489. The van der Waals surface area contributed by atoms with E-state index in [-0.39, 0.29) is 0 Å². The van der Waals surface area contributed by atoms with E-state index in [1.165, 1.54) is 38.5 Å². The van der Waals surface area contributed by atoms with E-state index in [4.69, 9.17) is 0 Å². The third kappa shape index (κ3) is 3.92. The van der Waals surface area contributed by atoms with Crippen molar-refractivity contribution in [3.05, 3.63) is 0 Å². The summed E-state index contributed by atoms with van der Waals surface area (Å²) in [6, 6.07) is 0. The topological polar surface area (TPSA) is 63.9 Å². The van der Waals surface area contributed by atoms with E-state index in [9.17, 15) is 15.3 Å². The molecule has 0 bridgehead atoms. The van der Waals surface area contributed by atoms with Gasteiger partial charge in [-0.25, -0.2) is 0 Å². The fourth-order valence-electron chi connectivity index (χ4n) is 3.34. The van der Waals surface area contributed by atoms with E-state index >= 15 is 0 Å². The SMILES string of the molecule is OC1CN(CCCC2CCCCC2)CC(O)C1O. The number of nitrogens with zero attached hydrogens (tertiary/aromatic N) is 1. The van der Waals surface area contributed by atoms with Crippen LogP contribution in [0.5, 0.6) is 0 Å². The largest absolute Gasteiger partial charge is 0.389 e. The summed E-state index contributed by atoms with van der Waals surface area (Å²) in [5.74, 6) is 0.893. The van der Waals surface area contributed by atoms with E-state index < -0.39 is 18.3 Å². The van der Waals surface area contributed by atoms with Crippen LogP contribution in [0.2, 0.25) is 0 Å². The molecule has 0 aromatic heterocycles. The van der Waals surface area contributed by atoms with E-state index in [1.807, 2.05) is 0 Å². The fourth-order valence-corrected chi connectivity index (χ4v) is 3.34. The van der Waals surface area contributed by atoms with Crippen molar-refractivity contribution in [3.63, 3.8) is 0 Å². The van der Waals surface area contributed by atoms with Gasteiger partial charge >= 0.3 is 0 Å². The van der Waals surface area contributed by atoms with Crippen LogP contribution in [0.15, 0.2) is 0 Å². The van der Waals surface area contributed by atoms with Crippen LogP contribution in [0.4, 0.5) is 0 Å². The summed E-state index contributed by atoms with van der Waals surface area (Å²) in [7, 11) is 0. The predicted octanol–water partition coefficient (Wildman–Crippen LogP) is 0.745. The zero-order valence-corrected chi connectivity index (χ0v) is 11.2. The maximum absolute atomic E-state index is 9.61. The first-order valence-corrected chi connectivity index (χ1v) is 7.43. The van der Waals surface area contributed by atoms with Crippen LogP contribution in [-0.4, -0.2) is 58.2 Å². The van der Waals surface area contributed by atoms with Gasteiger partial charge in [0, 0.05) is 13.1 Å². The first kappa shape index (κ1) is 14.3. The summed E-state index contributed by atoms with van der Waals surface area (Å²) in [5.41, 5.74) is 0. The second kappa shape index (κ2) is 6.85. The van der Waals surface area contributed by atoms with E-state index in [0.717, 1.165) is 18.9 Å². The standard InChI is InChI=1S/C14H27NO3/c16-12-9-15(10-13(17)14(12)18)8-4-7-11-5-2-1-3-6-11/h11-14,16-18H,1-10H2.